The molecule has 1 unspecified atom stereocenters. The standard InChI is InChI=1S/C19H23FN2O4S.ClH/c1-12(2)13-4-6-14(7-5-13)17(21)11-22-27(24,25)18-9-8-15(20)10-16(18)19(23)26-3;/h4-10,12,17,22H,11,21H2,1-3H3;1H. The van der Waals surface area contributed by atoms with Gasteiger partial charge in [0.15, 0.2) is 0 Å². The van der Waals surface area contributed by atoms with Crippen molar-refractivity contribution in [3.63, 3.8) is 0 Å². The van der Waals surface area contributed by atoms with Crippen LogP contribution >= 0.6 is 12.4 Å². The minimum atomic E-state index is -4.08. The van der Waals surface area contributed by atoms with Crippen LogP contribution in [0.3, 0.4) is 0 Å². The molecule has 0 aliphatic heterocycles. The number of halogens is 2. The minimum absolute atomic E-state index is 0. The zero-order chi connectivity index (χ0) is 20.2. The van der Waals surface area contributed by atoms with Gasteiger partial charge in [-0.25, -0.2) is 22.3 Å². The number of ether oxygens (including phenoxy) is 1. The third kappa shape index (κ3) is 5.75. The predicted molar refractivity (Wildman–Crippen MR) is 108 cm³/mol. The smallest absolute Gasteiger partial charge is 0.339 e. The van der Waals surface area contributed by atoms with Crippen LogP contribution in [0.1, 0.15) is 47.3 Å². The van der Waals surface area contributed by atoms with Crippen LogP contribution in [0.25, 0.3) is 0 Å². The molecule has 154 valence electrons. The van der Waals surface area contributed by atoms with Crippen LogP contribution in [-0.4, -0.2) is 28.0 Å². The Morgan fingerprint density at radius 3 is 2.25 bits per heavy atom. The number of nitrogens with one attached hydrogen (secondary N) is 1. The second-order valence-electron chi connectivity index (χ2n) is 6.41. The molecule has 0 aliphatic rings. The lowest BCUT2D eigenvalue weighted by Gasteiger charge is -2.16. The summed E-state index contributed by atoms with van der Waals surface area (Å²) in [6.45, 7) is 4.07. The Kier molecular flexibility index (Phi) is 8.56. The Bertz CT molecular complexity index is 918. The van der Waals surface area contributed by atoms with E-state index < -0.39 is 27.9 Å². The maximum absolute atomic E-state index is 13.4. The molecule has 0 aromatic heterocycles. The first kappa shape index (κ1) is 24.0. The van der Waals surface area contributed by atoms with E-state index in [-0.39, 0.29) is 29.4 Å². The number of rotatable bonds is 7. The van der Waals surface area contributed by atoms with Crippen LogP contribution in [0.5, 0.6) is 0 Å². The molecule has 6 nitrogen and oxygen atoms in total. The number of methoxy groups -OCH3 is 1. The Morgan fingerprint density at radius 1 is 1.14 bits per heavy atom. The Labute approximate surface area is 170 Å². The molecule has 0 fully saturated rings. The SMILES string of the molecule is COC(=O)c1cc(F)ccc1S(=O)(=O)NCC(N)c1ccc(C(C)C)cc1.Cl. The lowest BCUT2D eigenvalue weighted by molar-refractivity contribution is 0.0595. The van der Waals surface area contributed by atoms with Gasteiger partial charge in [-0.3, -0.25) is 0 Å². The summed E-state index contributed by atoms with van der Waals surface area (Å²) in [5.41, 5.74) is 7.63. The van der Waals surface area contributed by atoms with Crippen molar-refractivity contribution in [3.8, 4) is 0 Å². The topological polar surface area (TPSA) is 98.5 Å². The van der Waals surface area contributed by atoms with Crippen LogP contribution in [-0.2, 0) is 14.8 Å². The highest BCUT2D eigenvalue weighted by Gasteiger charge is 2.24. The molecule has 0 amide bonds. The summed E-state index contributed by atoms with van der Waals surface area (Å²) in [6.07, 6.45) is 0. The van der Waals surface area contributed by atoms with E-state index in [4.69, 9.17) is 5.73 Å². The maximum atomic E-state index is 13.4. The average Bonchev–Trinajstić information content (AvgIpc) is 2.65. The van der Waals surface area contributed by atoms with E-state index >= 15 is 0 Å². The van der Waals surface area contributed by atoms with Crippen LogP contribution < -0.4 is 10.5 Å². The number of carbonyl (C=O) groups excluding carboxylic acids is 1. The summed E-state index contributed by atoms with van der Waals surface area (Å²) in [5, 5.41) is 0. The van der Waals surface area contributed by atoms with E-state index in [2.05, 4.69) is 23.3 Å². The van der Waals surface area contributed by atoms with Crippen LogP contribution in [0.2, 0.25) is 0 Å². The van der Waals surface area contributed by atoms with Crippen molar-refractivity contribution < 1.29 is 22.3 Å². The van der Waals surface area contributed by atoms with Crippen LogP contribution in [0, 0.1) is 5.82 Å². The predicted octanol–water partition coefficient (Wildman–Crippen LogP) is 3.14. The van der Waals surface area contributed by atoms with Crippen LogP contribution in [0.4, 0.5) is 4.39 Å². The zero-order valence-electron chi connectivity index (χ0n) is 15.8. The molecule has 0 heterocycles. The number of hydrogen-bond donors (Lipinski definition) is 2. The summed E-state index contributed by atoms with van der Waals surface area (Å²) in [5.74, 6) is -1.30. The normalized spacial score (nSPS) is 12.4. The first-order chi connectivity index (χ1) is 12.7. The molecule has 9 heteroatoms. The zero-order valence-corrected chi connectivity index (χ0v) is 17.4. The third-order valence-corrected chi connectivity index (χ3v) is 5.64. The highest BCUT2D eigenvalue weighted by molar-refractivity contribution is 7.89. The van der Waals surface area contributed by atoms with Crippen molar-refractivity contribution in [2.75, 3.05) is 13.7 Å². The fourth-order valence-corrected chi connectivity index (χ4v) is 3.76. The first-order valence-corrected chi connectivity index (χ1v) is 9.87. The van der Waals surface area contributed by atoms with Gasteiger partial charge in [-0.1, -0.05) is 38.1 Å². The third-order valence-electron chi connectivity index (χ3n) is 4.16. The van der Waals surface area contributed by atoms with Crippen molar-refractivity contribution in [2.24, 2.45) is 5.73 Å². The second kappa shape index (κ2) is 9.97. The van der Waals surface area contributed by atoms with Gasteiger partial charge < -0.3 is 10.5 Å². The molecule has 0 saturated carbocycles. The summed E-state index contributed by atoms with van der Waals surface area (Å²) >= 11 is 0. The van der Waals surface area contributed by atoms with Gasteiger partial charge in [-0.2, -0.15) is 0 Å². The fraction of sp³-hybridized carbons (Fsp3) is 0.316. The van der Waals surface area contributed by atoms with Gasteiger partial charge in [0.05, 0.1) is 17.6 Å². The summed E-state index contributed by atoms with van der Waals surface area (Å²) < 4.78 is 45.4. The van der Waals surface area contributed by atoms with Gasteiger partial charge in [0.1, 0.15) is 5.82 Å². The number of hydrogen-bond acceptors (Lipinski definition) is 5. The molecule has 2 aromatic rings. The molecular weight excluding hydrogens is 407 g/mol. The molecular formula is C19H24ClFN2O4S. The molecule has 0 saturated heterocycles. The number of nitrogens with two attached hydrogens (primary N) is 1. The molecule has 0 radical (unpaired) electrons. The monoisotopic (exact) mass is 430 g/mol. The minimum Gasteiger partial charge on any atom is -0.465 e. The number of benzene rings is 2. The van der Waals surface area contributed by atoms with Gasteiger partial charge >= 0.3 is 5.97 Å². The molecule has 0 spiro atoms. The van der Waals surface area contributed by atoms with Gasteiger partial charge in [0, 0.05) is 12.6 Å². The van der Waals surface area contributed by atoms with E-state index in [1.54, 1.807) is 0 Å². The molecule has 2 aromatic carbocycles. The van der Waals surface area contributed by atoms with Crippen molar-refractivity contribution in [2.45, 2.75) is 30.7 Å². The fourth-order valence-electron chi connectivity index (χ4n) is 2.53. The molecule has 1 atom stereocenters. The summed E-state index contributed by atoms with van der Waals surface area (Å²) in [6, 6.07) is 9.83. The molecule has 0 bridgehead atoms. The molecule has 0 aliphatic carbocycles. The van der Waals surface area contributed by atoms with Gasteiger partial charge in [0.25, 0.3) is 0 Å². The summed E-state index contributed by atoms with van der Waals surface area (Å²) in [7, 11) is -2.99. The average molecular weight is 431 g/mol. The number of sulfonamides is 1. The Morgan fingerprint density at radius 2 is 1.71 bits per heavy atom. The Balaban J connectivity index is 0.00000392. The van der Waals surface area contributed by atoms with Crippen molar-refractivity contribution in [3.05, 3.63) is 65.0 Å². The van der Waals surface area contributed by atoms with E-state index in [0.29, 0.717) is 5.92 Å². The van der Waals surface area contributed by atoms with Crippen molar-refractivity contribution >= 4 is 28.4 Å². The highest BCUT2D eigenvalue weighted by Crippen LogP contribution is 2.20. The van der Waals surface area contributed by atoms with Crippen molar-refractivity contribution in [1.29, 1.82) is 0 Å². The quantitative estimate of drug-likeness (QED) is 0.657. The van der Waals surface area contributed by atoms with E-state index in [1.807, 2.05) is 24.3 Å². The highest BCUT2D eigenvalue weighted by atomic mass is 35.5. The van der Waals surface area contributed by atoms with Crippen molar-refractivity contribution in [1.82, 2.24) is 4.72 Å². The first-order valence-electron chi connectivity index (χ1n) is 8.38. The number of carbonyl (C=O) groups is 1. The number of esters is 1. The van der Waals surface area contributed by atoms with Crippen LogP contribution in [0.15, 0.2) is 47.4 Å². The second-order valence-corrected chi connectivity index (χ2v) is 8.15. The van der Waals surface area contributed by atoms with E-state index in [9.17, 15) is 17.6 Å². The van der Waals surface area contributed by atoms with Gasteiger partial charge in [-0.05, 0) is 35.2 Å². The lowest BCUT2D eigenvalue weighted by Crippen LogP contribution is -2.33. The van der Waals surface area contributed by atoms with Gasteiger partial charge in [0.2, 0.25) is 10.0 Å². The molecule has 2 rings (SSSR count). The Hall–Kier alpha value is -2.00. The maximum Gasteiger partial charge on any atom is 0.339 e. The van der Waals surface area contributed by atoms with E-state index in [0.717, 1.165) is 36.4 Å². The molecule has 3 N–H and O–H groups in total. The van der Waals surface area contributed by atoms with E-state index in [1.165, 1.54) is 0 Å². The summed E-state index contributed by atoms with van der Waals surface area (Å²) in [4.78, 5) is 11.4. The lowest BCUT2D eigenvalue weighted by atomic mass is 9.99. The van der Waals surface area contributed by atoms with Gasteiger partial charge in [-0.15, -0.1) is 12.4 Å². The largest absolute Gasteiger partial charge is 0.465 e. The molecule has 28 heavy (non-hydrogen) atoms.